The molecule has 3 heterocycles. The second-order valence-corrected chi connectivity index (χ2v) is 5.68. The summed E-state index contributed by atoms with van der Waals surface area (Å²) in [6, 6.07) is 12.1. The molecule has 2 amide bonds. The summed E-state index contributed by atoms with van der Waals surface area (Å²) in [5, 5.41) is 2.82. The number of carbonyl (C=O) groups excluding carboxylic acids is 2. The van der Waals surface area contributed by atoms with E-state index in [-0.39, 0.29) is 11.8 Å². The lowest BCUT2D eigenvalue weighted by Crippen LogP contribution is -2.28. The molecule has 6 heteroatoms. The van der Waals surface area contributed by atoms with Crippen molar-refractivity contribution in [3.63, 3.8) is 0 Å². The van der Waals surface area contributed by atoms with Crippen molar-refractivity contribution >= 4 is 29.0 Å². The third-order valence-electron chi connectivity index (χ3n) is 4.09. The molecule has 1 aliphatic rings. The van der Waals surface area contributed by atoms with E-state index in [0.29, 0.717) is 28.3 Å². The van der Waals surface area contributed by atoms with Crippen LogP contribution in [0, 0.1) is 6.92 Å². The molecule has 0 aliphatic carbocycles. The molecule has 0 bridgehead atoms. The average Bonchev–Trinajstić information content (AvgIpc) is 2.76. The van der Waals surface area contributed by atoms with Gasteiger partial charge in [0.2, 0.25) is 0 Å². The highest BCUT2D eigenvalue weighted by atomic mass is 16.2. The second-order valence-electron chi connectivity index (χ2n) is 5.68. The smallest absolute Gasteiger partial charge is 0.264 e. The number of aryl methyl sites for hydroxylation is 1. The number of hydrogen-bond acceptors (Lipinski definition) is 4. The molecule has 25 heavy (non-hydrogen) atoms. The van der Waals surface area contributed by atoms with Crippen molar-refractivity contribution in [1.82, 2.24) is 9.97 Å². The van der Waals surface area contributed by atoms with E-state index in [9.17, 15) is 9.59 Å². The number of rotatable bonds is 1. The van der Waals surface area contributed by atoms with Crippen LogP contribution in [0.2, 0.25) is 0 Å². The number of nitrogens with zero attached hydrogens (tertiary/aromatic N) is 3. The molecule has 6 nitrogen and oxygen atoms in total. The Morgan fingerprint density at radius 1 is 1.08 bits per heavy atom. The van der Waals surface area contributed by atoms with Gasteiger partial charge in [-0.25, -0.2) is 4.98 Å². The maximum atomic E-state index is 13.3. The predicted octanol–water partition coefficient (Wildman–Crippen LogP) is 3.33. The van der Waals surface area contributed by atoms with Crippen molar-refractivity contribution in [3.8, 4) is 0 Å². The minimum atomic E-state index is -0.272. The molecule has 0 spiro atoms. The van der Waals surface area contributed by atoms with Gasteiger partial charge >= 0.3 is 0 Å². The van der Waals surface area contributed by atoms with Crippen LogP contribution in [0.15, 0.2) is 61.1 Å². The van der Waals surface area contributed by atoms with Gasteiger partial charge in [0.1, 0.15) is 0 Å². The molecule has 4 rings (SSSR count). The van der Waals surface area contributed by atoms with Crippen molar-refractivity contribution in [1.29, 1.82) is 0 Å². The molecule has 0 saturated heterocycles. The zero-order valence-corrected chi connectivity index (χ0v) is 13.4. The molecule has 2 aromatic heterocycles. The molecular weight excluding hydrogens is 316 g/mol. The summed E-state index contributed by atoms with van der Waals surface area (Å²) >= 11 is 0. The van der Waals surface area contributed by atoms with Gasteiger partial charge in [0.25, 0.3) is 11.8 Å². The molecule has 0 radical (unpaired) electrons. The standard InChI is InChI=1S/C19H14N4O2/c1-12-11-20-10-8-13(12)19(25)23-16-7-3-2-5-14(16)18(24)22-15-6-4-9-21-17(15)23/h2-11H,1H3,(H,22,24). The molecule has 1 aromatic carbocycles. The van der Waals surface area contributed by atoms with E-state index in [1.165, 1.54) is 4.90 Å². The summed E-state index contributed by atoms with van der Waals surface area (Å²) in [7, 11) is 0. The Bertz CT molecular complexity index is 1000. The number of aromatic nitrogens is 2. The van der Waals surface area contributed by atoms with Gasteiger partial charge in [-0.1, -0.05) is 12.1 Å². The number of benzene rings is 1. The number of para-hydroxylation sites is 1. The summed E-state index contributed by atoms with van der Waals surface area (Å²) in [5.74, 6) is -0.141. The SMILES string of the molecule is Cc1cnccc1C(=O)N1c2ccccc2C(=O)Nc2cccnc21. The van der Waals surface area contributed by atoms with Crippen LogP contribution in [0.1, 0.15) is 26.3 Å². The Morgan fingerprint density at radius 3 is 2.76 bits per heavy atom. The first kappa shape index (κ1) is 15.0. The number of anilines is 3. The lowest BCUT2D eigenvalue weighted by molar-refractivity contribution is 0.0998. The van der Waals surface area contributed by atoms with Crippen LogP contribution in [0.5, 0.6) is 0 Å². The largest absolute Gasteiger partial charge is 0.319 e. The van der Waals surface area contributed by atoms with Gasteiger partial charge < -0.3 is 5.32 Å². The first-order valence-electron chi connectivity index (χ1n) is 7.77. The lowest BCUT2D eigenvalue weighted by Gasteiger charge is -2.23. The molecular formula is C19H14N4O2. The Balaban J connectivity index is 1.98. The summed E-state index contributed by atoms with van der Waals surface area (Å²) in [6.45, 7) is 1.83. The van der Waals surface area contributed by atoms with Gasteiger partial charge in [-0.3, -0.25) is 19.5 Å². The van der Waals surface area contributed by atoms with E-state index in [2.05, 4.69) is 15.3 Å². The molecule has 3 aromatic rings. The van der Waals surface area contributed by atoms with Gasteiger partial charge in [-0.05, 0) is 42.8 Å². The fourth-order valence-electron chi connectivity index (χ4n) is 2.88. The molecule has 0 unspecified atom stereocenters. The molecule has 0 fully saturated rings. The number of nitrogens with one attached hydrogen (secondary N) is 1. The fourth-order valence-corrected chi connectivity index (χ4v) is 2.88. The van der Waals surface area contributed by atoms with Crippen LogP contribution in [0.3, 0.4) is 0 Å². The van der Waals surface area contributed by atoms with Crippen molar-refractivity contribution in [2.24, 2.45) is 0 Å². The normalized spacial score (nSPS) is 12.7. The first-order valence-corrected chi connectivity index (χ1v) is 7.77. The maximum Gasteiger partial charge on any atom is 0.264 e. The number of fused-ring (bicyclic) bond motifs is 2. The van der Waals surface area contributed by atoms with Crippen molar-refractivity contribution < 1.29 is 9.59 Å². The number of pyridine rings is 2. The Kier molecular flexibility index (Phi) is 3.50. The van der Waals surface area contributed by atoms with Gasteiger partial charge in [0.05, 0.1) is 16.9 Å². The van der Waals surface area contributed by atoms with Crippen LogP contribution in [0.4, 0.5) is 17.2 Å². The maximum absolute atomic E-state index is 13.3. The van der Waals surface area contributed by atoms with Crippen LogP contribution in [-0.2, 0) is 0 Å². The minimum Gasteiger partial charge on any atom is -0.319 e. The molecule has 0 atom stereocenters. The van der Waals surface area contributed by atoms with Gasteiger partial charge in [0.15, 0.2) is 5.82 Å². The van der Waals surface area contributed by atoms with E-state index in [4.69, 9.17) is 0 Å². The topological polar surface area (TPSA) is 75.2 Å². The van der Waals surface area contributed by atoms with Gasteiger partial charge in [-0.2, -0.15) is 0 Å². The highest BCUT2D eigenvalue weighted by Crippen LogP contribution is 2.37. The monoisotopic (exact) mass is 330 g/mol. The van der Waals surface area contributed by atoms with Gasteiger partial charge in [-0.15, -0.1) is 0 Å². The lowest BCUT2D eigenvalue weighted by atomic mass is 10.1. The zero-order valence-electron chi connectivity index (χ0n) is 13.4. The average molecular weight is 330 g/mol. The van der Waals surface area contributed by atoms with Crippen molar-refractivity contribution in [3.05, 3.63) is 77.7 Å². The van der Waals surface area contributed by atoms with Crippen molar-refractivity contribution in [2.45, 2.75) is 6.92 Å². The molecule has 1 aliphatic heterocycles. The summed E-state index contributed by atoms with van der Waals surface area (Å²) in [6.07, 6.45) is 4.81. The predicted molar refractivity (Wildman–Crippen MR) is 94.1 cm³/mol. The number of amides is 2. The Morgan fingerprint density at radius 2 is 1.92 bits per heavy atom. The first-order chi connectivity index (χ1) is 12.2. The second kappa shape index (κ2) is 5.83. The summed E-state index contributed by atoms with van der Waals surface area (Å²) in [5.41, 5.74) is 2.67. The van der Waals surface area contributed by atoms with Crippen LogP contribution >= 0.6 is 0 Å². The molecule has 0 saturated carbocycles. The summed E-state index contributed by atoms with van der Waals surface area (Å²) in [4.78, 5) is 35.7. The third-order valence-corrected chi connectivity index (χ3v) is 4.09. The minimum absolute atomic E-state index is 0.260. The Labute approximate surface area is 144 Å². The molecule has 122 valence electrons. The van der Waals surface area contributed by atoms with E-state index >= 15 is 0 Å². The number of carbonyl (C=O) groups is 2. The third kappa shape index (κ3) is 2.44. The molecule has 1 N–H and O–H groups in total. The summed E-state index contributed by atoms with van der Waals surface area (Å²) < 4.78 is 0. The highest BCUT2D eigenvalue weighted by Gasteiger charge is 2.31. The van der Waals surface area contributed by atoms with E-state index in [1.54, 1.807) is 61.1 Å². The van der Waals surface area contributed by atoms with Crippen LogP contribution in [-0.4, -0.2) is 21.8 Å². The quantitative estimate of drug-likeness (QED) is 0.742. The van der Waals surface area contributed by atoms with Gasteiger partial charge in [0, 0.05) is 24.2 Å². The van der Waals surface area contributed by atoms with Crippen molar-refractivity contribution in [2.75, 3.05) is 10.2 Å². The van der Waals surface area contributed by atoms with Crippen LogP contribution in [0.25, 0.3) is 0 Å². The van der Waals surface area contributed by atoms with E-state index in [1.807, 2.05) is 6.92 Å². The fraction of sp³-hybridized carbons (Fsp3) is 0.0526. The Hall–Kier alpha value is -3.54. The van der Waals surface area contributed by atoms with Crippen LogP contribution < -0.4 is 10.2 Å². The van der Waals surface area contributed by atoms with E-state index < -0.39 is 0 Å². The number of hydrogen-bond donors (Lipinski definition) is 1. The zero-order chi connectivity index (χ0) is 17.4. The van der Waals surface area contributed by atoms with E-state index in [0.717, 1.165) is 5.56 Å². The highest BCUT2D eigenvalue weighted by molar-refractivity contribution is 6.20.